The Labute approximate surface area is 171 Å². The molecule has 4 nitrogen and oxygen atoms in total. The van der Waals surface area contributed by atoms with Gasteiger partial charge in [-0.3, -0.25) is 0 Å². The highest BCUT2D eigenvalue weighted by molar-refractivity contribution is 6.35. The molecular weight excluding hydrogens is 381 g/mol. The van der Waals surface area contributed by atoms with Gasteiger partial charge in [-0.25, -0.2) is 4.98 Å². The fraction of sp³-hybridized carbons (Fsp3) is 0.333. The smallest absolute Gasteiger partial charge is 0.194 e. The Bertz CT molecular complexity index is 835. The zero-order valence-electron chi connectivity index (χ0n) is 16.1. The fourth-order valence-corrected chi connectivity index (χ4v) is 3.28. The molecule has 0 bridgehead atoms. The van der Waals surface area contributed by atoms with Crippen LogP contribution in [0.2, 0.25) is 10.0 Å². The molecule has 1 heterocycles. The highest BCUT2D eigenvalue weighted by Crippen LogP contribution is 2.37. The molecule has 1 unspecified atom stereocenters. The number of allylic oxidation sites excluding steroid dienone is 3. The Balaban J connectivity index is 2.54. The van der Waals surface area contributed by atoms with Gasteiger partial charge in [0.1, 0.15) is 0 Å². The lowest BCUT2D eigenvalue weighted by atomic mass is 9.99. The molecule has 2 aromatic rings. The topological polar surface area (TPSA) is 39.4 Å². The molecule has 2 rings (SSSR count). The Morgan fingerprint density at radius 2 is 2.07 bits per heavy atom. The van der Waals surface area contributed by atoms with E-state index in [9.17, 15) is 0 Å². The van der Waals surface area contributed by atoms with Gasteiger partial charge in [0.05, 0.1) is 12.0 Å². The average Bonchev–Trinajstić information content (AvgIpc) is 3.12. The van der Waals surface area contributed by atoms with Gasteiger partial charge in [-0.2, -0.15) is 0 Å². The molecule has 0 spiro atoms. The number of oxime groups is 1. The Morgan fingerprint density at radius 1 is 1.30 bits per heavy atom. The van der Waals surface area contributed by atoms with Crippen molar-refractivity contribution in [3.63, 3.8) is 0 Å². The number of hydrogen-bond acceptors (Lipinski definition) is 3. The van der Waals surface area contributed by atoms with E-state index in [1.807, 2.05) is 23.8 Å². The van der Waals surface area contributed by atoms with Crippen molar-refractivity contribution < 1.29 is 4.84 Å². The summed E-state index contributed by atoms with van der Waals surface area (Å²) < 4.78 is 1.96. The third kappa shape index (κ3) is 5.98. The number of benzene rings is 1. The maximum absolute atomic E-state index is 6.49. The minimum Gasteiger partial charge on any atom is -0.381 e. The zero-order chi connectivity index (χ0) is 19.8. The molecule has 27 heavy (non-hydrogen) atoms. The van der Waals surface area contributed by atoms with Gasteiger partial charge in [0.15, 0.2) is 6.10 Å². The van der Waals surface area contributed by atoms with Gasteiger partial charge in [-0.05, 0) is 58.2 Å². The van der Waals surface area contributed by atoms with E-state index in [2.05, 4.69) is 37.0 Å². The van der Waals surface area contributed by atoms with Gasteiger partial charge in [-0.1, -0.05) is 46.1 Å². The number of aromatic nitrogens is 2. The van der Waals surface area contributed by atoms with Gasteiger partial charge < -0.3 is 9.40 Å². The van der Waals surface area contributed by atoms with Crippen molar-refractivity contribution in [3.05, 3.63) is 69.8 Å². The highest BCUT2D eigenvalue weighted by Gasteiger charge is 2.25. The lowest BCUT2D eigenvalue weighted by Gasteiger charge is -2.23. The molecule has 6 heteroatoms. The van der Waals surface area contributed by atoms with E-state index in [0.717, 1.165) is 24.1 Å². The fourth-order valence-electron chi connectivity index (χ4n) is 2.78. The molecule has 0 saturated heterocycles. The summed E-state index contributed by atoms with van der Waals surface area (Å²) in [7, 11) is 0. The summed E-state index contributed by atoms with van der Waals surface area (Å²) in [4.78, 5) is 10.0. The first-order chi connectivity index (χ1) is 12.9. The summed E-state index contributed by atoms with van der Waals surface area (Å²) in [5.41, 5.74) is 4.23. The predicted molar refractivity (Wildman–Crippen MR) is 114 cm³/mol. The van der Waals surface area contributed by atoms with Crippen LogP contribution >= 0.6 is 23.2 Å². The molecule has 0 aliphatic heterocycles. The molecule has 0 amide bonds. The number of halogens is 2. The molecule has 1 aromatic carbocycles. The lowest BCUT2D eigenvalue weighted by Crippen LogP contribution is -2.12. The van der Waals surface area contributed by atoms with Gasteiger partial charge in [0.2, 0.25) is 0 Å². The van der Waals surface area contributed by atoms with Gasteiger partial charge in [0.25, 0.3) is 0 Å². The summed E-state index contributed by atoms with van der Waals surface area (Å²) in [6.45, 7) is 8.11. The minimum atomic E-state index is -0.480. The molecule has 1 aromatic heterocycles. The van der Waals surface area contributed by atoms with Gasteiger partial charge >= 0.3 is 0 Å². The van der Waals surface area contributed by atoms with Crippen molar-refractivity contribution in [2.75, 3.05) is 0 Å². The van der Waals surface area contributed by atoms with Crippen LogP contribution in [0.1, 0.15) is 52.2 Å². The SMILES string of the molecule is C/C=N\OC(/C(=C(/C)CCC=C(C)C)n1ccnc1)c1ccc(Cl)cc1Cl. The molecule has 0 aliphatic carbocycles. The average molecular weight is 406 g/mol. The highest BCUT2D eigenvalue weighted by atomic mass is 35.5. The van der Waals surface area contributed by atoms with Crippen LogP contribution in [-0.4, -0.2) is 15.8 Å². The molecule has 144 valence electrons. The first-order valence-corrected chi connectivity index (χ1v) is 9.59. The molecular formula is C21H25Cl2N3O. The zero-order valence-corrected chi connectivity index (χ0v) is 17.6. The third-order valence-corrected chi connectivity index (χ3v) is 4.62. The Hall–Kier alpha value is -2.04. The maximum atomic E-state index is 6.49. The van der Waals surface area contributed by atoms with E-state index in [1.54, 1.807) is 30.9 Å². The largest absolute Gasteiger partial charge is 0.381 e. The van der Waals surface area contributed by atoms with E-state index in [0.29, 0.717) is 10.0 Å². The number of nitrogens with zero attached hydrogens (tertiary/aromatic N) is 3. The molecule has 0 radical (unpaired) electrons. The van der Waals surface area contributed by atoms with E-state index in [-0.39, 0.29) is 0 Å². The van der Waals surface area contributed by atoms with Crippen LogP contribution in [0.25, 0.3) is 5.70 Å². The summed E-state index contributed by atoms with van der Waals surface area (Å²) in [5.74, 6) is 0. The van der Waals surface area contributed by atoms with Crippen LogP contribution in [-0.2, 0) is 4.84 Å². The van der Waals surface area contributed by atoms with Crippen LogP contribution in [0.5, 0.6) is 0 Å². The first kappa shape index (κ1) is 21.3. The van der Waals surface area contributed by atoms with Crippen LogP contribution in [0.15, 0.2) is 59.3 Å². The minimum absolute atomic E-state index is 0.480. The normalized spacial score (nSPS) is 13.4. The Kier molecular flexibility index (Phi) is 8.14. The lowest BCUT2D eigenvalue weighted by molar-refractivity contribution is 0.0967. The van der Waals surface area contributed by atoms with E-state index >= 15 is 0 Å². The number of rotatable bonds is 8. The second kappa shape index (κ2) is 10.3. The van der Waals surface area contributed by atoms with E-state index in [1.165, 1.54) is 11.1 Å². The maximum Gasteiger partial charge on any atom is 0.194 e. The summed E-state index contributed by atoms with van der Waals surface area (Å²) in [5, 5.41) is 5.15. The predicted octanol–water partition coefficient (Wildman–Crippen LogP) is 6.93. The second-order valence-electron chi connectivity index (χ2n) is 6.47. The van der Waals surface area contributed by atoms with Crippen molar-refractivity contribution in [1.29, 1.82) is 0 Å². The molecule has 0 aliphatic rings. The standard InChI is InChI=1S/C21H25Cl2N3O/c1-5-25-27-21(18-10-9-17(22)13-19(18)23)20(26-12-11-24-14-26)16(4)8-6-7-15(2)3/h5,7,9-14,21H,6,8H2,1-4H3/b20-16+,25-5-. The van der Waals surface area contributed by atoms with E-state index in [4.69, 9.17) is 28.0 Å². The molecule has 0 saturated carbocycles. The number of imidazole rings is 1. The molecule has 0 fully saturated rings. The second-order valence-corrected chi connectivity index (χ2v) is 7.31. The van der Waals surface area contributed by atoms with E-state index < -0.39 is 6.10 Å². The Morgan fingerprint density at radius 3 is 2.67 bits per heavy atom. The van der Waals surface area contributed by atoms with Gasteiger partial charge in [0, 0.05) is 34.2 Å². The first-order valence-electron chi connectivity index (χ1n) is 8.84. The third-order valence-electron chi connectivity index (χ3n) is 4.06. The van der Waals surface area contributed by atoms with Gasteiger partial charge in [-0.15, -0.1) is 0 Å². The number of hydrogen-bond donors (Lipinski definition) is 0. The van der Waals surface area contributed by atoms with Crippen LogP contribution < -0.4 is 0 Å². The van der Waals surface area contributed by atoms with Crippen molar-refractivity contribution in [1.82, 2.24) is 9.55 Å². The molecule has 1 atom stereocenters. The quantitative estimate of drug-likeness (QED) is 0.271. The van der Waals surface area contributed by atoms with Crippen molar-refractivity contribution in [2.45, 2.75) is 46.6 Å². The summed E-state index contributed by atoms with van der Waals surface area (Å²) in [6, 6.07) is 5.40. The molecule has 0 N–H and O–H groups in total. The van der Waals surface area contributed by atoms with Crippen molar-refractivity contribution >= 4 is 35.1 Å². The summed E-state index contributed by atoms with van der Waals surface area (Å²) >= 11 is 12.6. The van der Waals surface area contributed by atoms with Crippen molar-refractivity contribution in [2.24, 2.45) is 5.16 Å². The monoisotopic (exact) mass is 405 g/mol. The van der Waals surface area contributed by atoms with Crippen LogP contribution in [0.3, 0.4) is 0 Å². The van der Waals surface area contributed by atoms with Crippen LogP contribution in [0.4, 0.5) is 0 Å². The van der Waals surface area contributed by atoms with Crippen molar-refractivity contribution in [3.8, 4) is 0 Å². The summed E-state index contributed by atoms with van der Waals surface area (Å²) in [6.07, 6.45) is 10.6. The van der Waals surface area contributed by atoms with Crippen LogP contribution in [0, 0.1) is 0 Å².